The molecular weight excluding hydrogens is 342 g/mol. The van der Waals surface area contributed by atoms with Gasteiger partial charge in [0.1, 0.15) is 0 Å². The van der Waals surface area contributed by atoms with E-state index in [0.29, 0.717) is 12.2 Å². The Hall–Kier alpha value is -2.93. The Kier molecular flexibility index (Phi) is 7.31. The average molecular weight is 369 g/mol. The third-order valence-electron chi connectivity index (χ3n) is 4.24. The minimum absolute atomic E-state index is 0.0336. The third-order valence-corrected chi connectivity index (χ3v) is 4.24. The van der Waals surface area contributed by atoms with Gasteiger partial charge in [-0.2, -0.15) is 0 Å². The number of rotatable bonds is 7. The molecule has 0 aliphatic rings. The highest BCUT2D eigenvalue weighted by Crippen LogP contribution is 2.20. The van der Waals surface area contributed by atoms with Crippen molar-refractivity contribution in [1.82, 2.24) is 20.5 Å². The molecule has 1 aromatic heterocycles. The molecule has 0 aliphatic carbocycles. The van der Waals surface area contributed by atoms with Crippen LogP contribution >= 0.6 is 0 Å². The van der Waals surface area contributed by atoms with E-state index in [9.17, 15) is 9.59 Å². The molecule has 2 aromatic rings. The Morgan fingerprint density at radius 3 is 2.19 bits per heavy atom. The number of benzene rings is 1. The summed E-state index contributed by atoms with van der Waals surface area (Å²) < 4.78 is 0. The number of nitrogens with zero attached hydrogens (tertiary/aromatic N) is 3. The summed E-state index contributed by atoms with van der Waals surface area (Å²) in [5.41, 5.74) is 2.87. The molecule has 0 radical (unpaired) electrons. The maximum absolute atomic E-state index is 12.1. The van der Waals surface area contributed by atoms with Crippen LogP contribution in [-0.2, 0) is 16.1 Å². The zero-order valence-electron chi connectivity index (χ0n) is 16.3. The van der Waals surface area contributed by atoms with Gasteiger partial charge in [-0.25, -0.2) is 0 Å². The van der Waals surface area contributed by atoms with Gasteiger partial charge in [-0.15, -0.1) is 0 Å². The van der Waals surface area contributed by atoms with E-state index in [4.69, 9.17) is 0 Å². The van der Waals surface area contributed by atoms with Crippen LogP contribution in [0.1, 0.15) is 17.3 Å². The number of hydrogen-bond acceptors (Lipinski definition) is 5. The number of amides is 2. The van der Waals surface area contributed by atoms with Crippen molar-refractivity contribution in [2.75, 3.05) is 39.6 Å². The first-order valence-electron chi connectivity index (χ1n) is 8.78. The predicted molar refractivity (Wildman–Crippen MR) is 106 cm³/mol. The normalized spacial score (nSPS) is 11.7. The van der Waals surface area contributed by atoms with Crippen molar-refractivity contribution in [2.45, 2.75) is 12.6 Å². The fraction of sp³-hybridized carbons (Fsp3) is 0.350. The quantitative estimate of drug-likeness (QED) is 0.717. The lowest BCUT2D eigenvalue weighted by Crippen LogP contribution is -2.43. The Bertz CT molecular complexity index is 745. The monoisotopic (exact) mass is 369 g/mol. The lowest BCUT2D eigenvalue weighted by Gasteiger charge is -2.25. The van der Waals surface area contributed by atoms with E-state index in [2.05, 4.69) is 15.6 Å². The van der Waals surface area contributed by atoms with Crippen LogP contribution in [0.3, 0.4) is 0 Å². The third kappa shape index (κ3) is 6.07. The molecule has 0 aliphatic heterocycles. The standard InChI is InChI=1S/C20H27N5O2/c1-24(2)17-10-8-15(9-11-17)18(25(3)4)14-23-20(27)19(26)22-13-16-7-5-6-12-21-16/h5-12,18H,13-14H2,1-4H3,(H,22,26)(H,23,27). The second-order valence-corrected chi connectivity index (χ2v) is 6.68. The van der Waals surface area contributed by atoms with E-state index >= 15 is 0 Å². The van der Waals surface area contributed by atoms with Crippen LogP contribution in [0.15, 0.2) is 48.7 Å². The molecular formula is C20H27N5O2. The van der Waals surface area contributed by atoms with E-state index in [-0.39, 0.29) is 12.6 Å². The van der Waals surface area contributed by atoms with E-state index in [1.165, 1.54) is 0 Å². The van der Waals surface area contributed by atoms with Crippen LogP contribution in [0.5, 0.6) is 0 Å². The van der Waals surface area contributed by atoms with Crippen molar-refractivity contribution in [3.8, 4) is 0 Å². The SMILES string of the molecule is CN(C)c1ccc(C(CNC(=O)C(=O)NCc2ccccn2)N(C)C)cc1. The Labute approximate surface area is 160 Å². The highest BCUT2D eigenvalue weighted by molar-refractivity contribution is 6.35. The maximum atomic E-state index is 12.1. The van der Waals surface area contributed by atoms with Crippen LogP contribution in [0.4, 0.5) is 5.69 Å². The average Bonchev–Trinajstić information content (AvgIpc) is 2.67. The summed E-state index contributed by atoms with van der Waals surface area (Å²) in [6.45, 7) is 0.556. The smallest absolute Gasteiger partial charge is 0.309 e. The van der Waals surface area contributed by atoms with Gasteiger partial charge in [0.25, 0.3) is 0 Å². The first-order chi connectivity index (χ1) is 12.9. The zero-order chi connectivity index (χ0) is 19.8. The fourth-order valence-electron chi connectivity index (χ4n) is 2.62. The van der Waals surface area contributed by atoms with Crippen molar-refractivity contribution in [2.24, 2.45) is 0 Å². The van der Waals surface area contributed by atoms with Crippen molar-refractivity contribution < 1.29 is 9.59 Å². The second kappa shape index (κ2) is 9.68. The number of hydrogen-bond donors (Lipinski definition) is 2. The summed E-state index contributed by atoms with van der Waals surface area (Å²) >= 11 is 0. The molecule has 0 fully saturated rings. The molecule has 2 amide bonds. The Morgan fingerprint density at radius 2 is 1.63 bits per heavy atom. The summed E-state index contributed by atoms with van der Waals surface area (Å²) in [5.74, 6) is -1.32. The molecule has 1 atom stereocenters. The van der Waals surface area contributed by atoms with Crippen LogP contribution in [-0.4, -0.2) is 56.4 Å². The van der Waals surface area contributed by atoms with Gasteiger partial charge in [-0.05, 0) is 43.9 Å². The molecule has 0 saturated carbocycles. The van der Waals surface area contributed by atoms with E-state index < -0.39 is 11.8 Å². The topological polar surface area (TPSA) is 77.6 Å². The van der Waals surface area contributed by atoms with Gasteiger partial charge in [0.05, 0.1) is 18.3 Å². The molecule has 7 nitrogen and oxygen atoms in total. The molecule has 144 valence electrons. The minimum atomic E-state index is -0.666. The Morgan fingerprint density at radius 1 is 0.963 bits per heavy atom. The summed E-state index contributed by atoms with van der Waals surface area (Å²) in [7, 11) is 7.86. The van der Waals surface area contributed by atoms with Crippen LogP contribution in [0.2, 0.25) is 0 Å². The number of aromatic nitrogens is 1. The zero-order valence-corrected chi connectivity index (χ0v) is 16.3. The Balaban J connectivity index is 1.90. The lowest BCUT2D eigenvalue weighted by molar-refractivity contribution is -0.139. The van der Waals surface area contributed by atoms with Gasteiger partial charge in [-0.1, -0.05) is 18.2 Å². The van der Waals surface area contributed by atoms with Crippen LogP contribution in [0, 0.1) is 0 Å². The van der Waals surface area contributed by atoms with Gasteiger partial charge in [0.2, 0.25) is 0 Å². The highest BCUT2D eigenvalue weighted by atomic mass is 16.2. The molecule has 1 unspecified atom stereocenters. The molecule has 0 saturated heterocycles. The number of pyridine rings is 1. The van der Waals surface area contributed by atoms with Gasteiger partial charge in [0, 0.05) is 32.5 Å². The van der Waals surface area contributed by atoms with Gasteiger partial charge < -0.3 is 20.4 Å². The first kappa shape index (κ1) is 20.4. The maximum Gasteiger partial charge on any atom is 0.309 e. The van der Waals surface area contributed by atoms with Gasteiger partial charge in [0.15, 0.2) is 0 Å². The number of carbonyl (C=O) groups excluding carboxylic acids is 2. The van der Waals surface area contributed by atoms with Gasteiger partial charge in [-0.3, -0.25) is 14.6 Å². The summed E-state index contributed by atoms with van der Waals surface area (Å²) in [4.78, 5) is 32.2. The molecule has 27 heavy (non-hydrogen) atoms. The van der Waals surface area contributed by atoms with Crippen molar-refractivity contribution in [1.29, 1.82) is 0 Å². The van der Waals surface area contributed by atoms with E-state index in [0.717, 1.165) is 11.3 Å². The number of nitrogens with one attached hydrogen (secondary N) is 2. The molecule has 1 aromatic carbocycles. The van der Waals surface area contributed by atoms with Crippen molar-refractivity contribution in [3.63, 3.8) is 0 Å². The number of anilines is 1. The first-order valence-corrected chi connectivity index (χ1v) is 8.78. The number of carbonyl (C=O) groups is 2. The van der Waals surface area contributed by atoms with E-state index in [1.807, 2.05) is 68.3 Å². The fourth-order valence-corrected chi connectivity index (χ4v) is 2.62. The summed E-state index contributed by atoms with van der Waals surface area (Å²) in [6, 6.07) is 13.5. The molecule has 0 spiro atoms. The van der Waals surface area contributed by atoms with Crippen LogP contribution < -0.4 is 15.5 Å². The summed E-state index contributed by atoms with van der Waals surface area (Å²) in [6.07, 6.45) is 1.64. The van der Waals surface area contributed by atoms with Gasteiger partial charge >= 0.3 is 11.8 Å². The lowest BCUT2D eigenvalue weighted by atomic mass is 10.1. The van der Waals surface area contributed by atoms with Crippen molar-refractivity contribution in [3.05, 3.63) is 59.9 Å². The molecule has 0 bridgehead atoms. The van der Waals surface area contributed by atoms with Crippen molar-refractivity contribution >= 4 is 17.5 Å². The largest absolute Gasteiger partial charge is 0.378 e. The summed E-state index contributed by atoms with van der Waals surface area (Å²) in [5, 5.41) is 5.29. The van der Waals surface area contributed by atoms with Crippen LogP contribution in [0.25, 0.3) is 0 Å². The highest BCUT2D eigenvalue weighted by Gasteiger charge is 2.18. The molecule has 7 heteroatoms. The minimum Gasteiger partial charge on any atom is -0.378 e. The molecule has 2 rings (SSSR count). The number of likely N-dealkylation sites (N-methyl/N-ethyl adjacent to an activating group) is 1. The second-order valence-electron chi connectivity index (χ2n) is 6.68. The molecule has 1 heterocycles. The predicted octanol–water partition coefficient (Wildman–Crippen LogP) is 1.18. The molecule has 2 N–H and O–H groups in total. The van der Waals surface area contributed by atoms with E-state index in [1.54, 1.807) is 18.3 Å².